The number of aryl methyl sites for hydroxylation is 2. The first kappa shape index (κ1) is 12.3. The second-order valence-corrected chi connectivity index (χ2v) is 5.10. The number of Topliss-reactive ketones (excluding diaryl/α,β-unsaturated/α-hetero) is 1. The molecule has 92 valence electrons. The van der Waals surface area contributed by atoms with Gasteiger partial charge in [-0.05, 0) is 50.9 Å². The molecule has 0 aromatic heterocycles. The summed E-state index contributed by atoms with van der Waals surface area (Å²) >= 11 is 0. The molecule has 0 atom stereocenters. The molecule has 0 unspecified atom stereocenters. The number of rotatable bonds is 3. The molecule has 2 heteroatoms. The molecule has 1 fully saturated rings. The average molecular weight is 231 g/mol. The van der Waals surface area contributed by atoms with Crippen LogP contribution in [0.4, 0.5) is 0 Å². The number of nitrogens with one attached hydrogen (secondary N) is 1. The zero-order chi connectivity index (χ0) is 12.3. The minimum Gasteiger partial charge on any atom is -0.317 e. The lowest BCUT2D eigenvalue weighted by molar-refractivity contribution is -0.122. The zero-order valence-electron chi connectivity index (χ0n) is 10.8. The van der Waals surface area contributed by atoms with Crippen LogP contribution in [-0.4, -0.2) is 18.9 Å². The first-order chi connectivity index (χ1) is 8.16. The van der Waals surface area contributed by atoms with Gasteiger partial charge in [0.2, 0.25) is 0 Å². The lowest BCUT2D eigenvalue weighted by atomic mass is 9.89. The highest BCUT2D eigenvalue weighted by Crippen LogP contribution is 2.18. The molecule has 1 heterocycles. The number of carbonyl (C=O) groups is 1. The molecule has 1 aliphatic rings. The average Bonchev–Trinajstić information content (AvgIpc) is 2.34. The molecule has 0 radical (unpaired) electrons. The predicted molar refractivity (Wildman–Crippen MR) is 70.2 cm³/mol. The van der Waals surface area contributed by atoms with Crippen LogP contribution >= 0.6 is 0 Å². The topological polar surface area (TPSA) is 29.1 Å². The second kappa shape index (κ2) is 5.46. The Morgan fingerprint density at radius 1 is 1.29 bits per heavy atom. The molecule has 1 aromatic rings. The van der Waals surface area contributed by atoms with Crippen molar-refractivity contribution >= 4 is 5.78 Å². The molecular weight excluding hydrogens is 210 g/mol. The smallest absolute Gasteiger partial charge is 0.140 e. The van der Waals surface area contributed by atoms with E-state index in [9.17, 15) is 4.79 Å². The minimum atomic E-state index is 0.275. The highest BCUT2D eigenvalue weighted by atomic mass is 16.1. The molecule has 0 saturated carbocycles. The number of hydrogen-bond acceptors (Lipinski definition) is 2. The van der Waals surface area contributed by atoms with Gasteiger partial charge in [-0.15, -0.1) is 0 Å². The Morgan fingerprint density at radius 2 is 2.00 bits per heavy atom. The Kier molecular flexibility index (Phi) is 3.95. The van der Waals surface area contributed by atoms with Gasteiger partial charge in [0, 0.05) is 12.3 Å². The van der Waals surface area contributed by atoms with E-state index in [1.807, 2.05) is 0 Å². The summed E-state index contributed by atoms with van der Waals surface area (Å²) in [6.45, 7) is 6.16. The number of ketones is 1. The third-order valence-electron chi connectivity index (χ3n) is 3.66. The minimum absolute atomic E-state index is 0.275. The van der Waals surface area contributed by atoms with Crippen LogP contribution in [0.3, 0.4) is 0 Å². The van der Waals surface area contributed by atoms with Crippen LogP contribution in [0, 0.1) is 19.8 Å². The summed E-state index contributed by atoms with van der Waals surface area (Å²) in [6.07, 6.45) is 2.62. The molecule has 0 spiro atoms. The summed E-state index contributed by atoms with van der Waals surface area (Å²) in [5.41, 5.74) is 3.70. The second-order valence-electron chi connectivity index (χ2n) is 5.10. The Hall–Kier alpha value is -1.15. The van der Waals surface area contributed by atoms with E-state index in [2.05, 4.69) is 37.4 Å². The fraction of sp³-hybridized carbons (Fsp3) is 0.533. The summed E-state index contributed by atoms with van der Waals surface area (Å²) in [4.78, 5) is 12.2. The van der Waals surface area contributed by atoms with E-state index in [4.69, 9.17) is 0 Å². The van der Waals surface area contributed by atoms with Gasteiger partial charge in [0.25, 0.3) is 0 Å². The lowest BCUT2D eigenvalue weighted by Crippen LogP contribution is -2.32. The number of piperidine rings is 1. The molecule has 0 amide bonds. The maximum Gasteiger partial charge on any atom is 0.140 e. The molecule has 1 aromatic carbocycles. The fourth-order valence-corrected chi connectivity index (χ4v) is 2.52. The van der Waals surface area contributed by atoms with Crippen molar-refractivity contribution < 1.29 is 4.79 Å². The predicted octanol–water partition coefficient (Wildman–Crippen LogP) is 2.41. The number of carbonyl (C=O) groups excluding carboxylic acids is 1. The molecule has 2 rings (SSSR count). The summed E-state index contributed by atoms with van der Waals surface area (Å²) in [7, 11) is 0. The molecule has 2 nitrogen and oxygen atoms in total. The zero-order valence-corrected chi connectivity index (χ0v) is 10.8. The van der Waals surface area contributed by atoms with Crippen LogP contribution in [0.5, 0.6) is 0 Å². The van der Waals surface area contributed by atoms with Crippen molar-refractivity contribution in [1.82, 2.24) is 5.32 Å². The van der Waals surface area contributed by atoms with Gasteiger partial charge in [-0.2, -0.15) is 0 Å². The third-order valence-corrected chi connectivity index (χ3v) is 3.66. The Morgan fingerprint density at radius 3 is 2.65 bits per heavy atom. The Balaban J connectivity index is 2.02. The normalized spacial score (nSPS) is 17.1. The van der Waals surface area contributed by atoms with Gasteiger partial charge >= 0.3 is 0 Å². The fourth-order valence-electron chi connectivity index (χ4n) is 2.52. The molecule has 1 N–H and O–H groups in total. The van der Waals surface area contributed by atoms with Gasteiger partial charge in [-0.1, -0.05) is 23.8 Å². The molecule has 0 aliphatic carbocycles. The Labute approximate surface area is 103 Å². The van der Waals surface area contributed by atoms with E-state index in [0.717, 1.165) is 25.9 Å². The number of benzene rings is 1. The van der Waals surface area contributed by atoms with E-state index in [1.165, 1.54) is 16.7 Å². The standard InChI is InChI=1S/C15H21NO/c1-11-3-4-14(12(2)9-11)10-15(17)13-5-7-16-8-6-13/h3-4,9,13,16H,5-8,10H2,1-2H3. The maximum absolute atomic E-state index is 12.2. The monoisotopic (exact) mass is 231 g/mol. The van der Waals surface area contributed by atoms with Crippen molar-refractivity contribution in [2.45, 2.75) is 33.1 Å². The van der Waals surface area contributed by atoms with Crippen LogP contribution in [0.15, 0.2) is 18.2 Å². The van der Waals surface area contributed by atoms with Crippen LogP contribution in [0.25, 0.3) is 0 Å². The first-order valence-corrected chi connectivity index (χ1v) is 6.46. The quantitative estimate of drug-likeness (QED) is 0.865. The molecule has 1 aliphatic heterocycles. The van der Waals surface area contributed by atoms with Crippen molar-refractivity contribution in [2.75, 3.05) is 13.1 Å². The molecule has 17 heavy (non-hydrogen) atoms. The van der Waals surface area contributed by atoms with Crippen LogP contribution in [0.2, 0.25) is 0 Å². The highest BCUT2D eigenvalue weighted by molar-refractivity contribution is 5.83. The maximum atomic E-state index is 12.2. The van der Waals surface area contributed by atoms with E-state index in [0.29, 0.717) is 12.2 Å². The summed E-state index contributed by atoms with van der Waals surface area (Å²) < 4.78 is 0. The van der Waals surface area contributed by atoms with E-state index >= 15 is 0 Å². The van der Waals surface area contributed by atoms with Crippen LogP contribution < -0.4 is 5.32 Å². The summed E-state index contributed by atoms with van der Waals surface area (Å²) in [5.74, 6) is 0.690. The van der Waals surface area contributed by atoms with Gasteiger partial charge in [0.1, 0.15) is 5.78 Å². The van der Waals surface area contributed by atoms with Gasteiger partial charge in [0.15, 0.2) is 0 Å². The van der Waals surface area contributed by atoms with Gasteiger partial charge in [-0.3, -0.25) is 4.79 Å². The van der Waals surface area contributed by atoms with E-state index in [1.54, 1.807) is 0 Å². The largest absolute Gasteiger partial charge is 0.317 e. The van der Waals surface area contributed by atoms with Crippen LogP contribution in [0.1, 0.15) is 29.5 Å². The van der Waals surface area contributed by atoms with E-state index < -0.39 is 0 Å². The van der Waals surface area contributed by atoms with Crippen LogP contribution in [-0.2, 0) is 11.2 Å². The lowest BCUT2D eigenvalue weighted by Gasteiger charge is -2.21. The molecular formula is C15H21NO. The van der Waals surface area contributed by atoms with Gasteiger partial charge in [0.05, 0.1) is 0 Å². The highest BCUT2D eigenvalue weighted by Gasteiger charge is 2.21. The van der Waals surface area contributed by atoms with Crippen molar-refractivity contribution in [1.29, 1.82) is 0 Å². The molecule has 1 saturated heterocycles. The van der Waals surface area contributed by atoms with Gasteiger partial charge in [-0.25, -0.2) is 0 Å². The van der Waals surface area contributed by atoms with Crippen molar-refractivity contribution in [3.8, 4) is 0 Å². The third kappa shape index (κ3) is 3.16. The van der Waals surface area contributed by atoms with Crippen molar-refractivity contribution in [3.63, 3.8) is 0 Å². The van der Waals surface area contributed by atoms with Crippen molar-refractivity contribution in [2.24, 2.45) is 5.92 Å². The van der Waals surface area contributed by atoms with E-state index in [-0.39, 0.29) is 5.92 Å². The van der Waals surface area contributed by atoms with Crippen molar-refractivity contribution in [3.05, 3.63) is 34.9 Å². The first-order valence-electron chi connectivity index (χ1n) is 6.46. The summed E-state index contributed by atoms with van der Waals surface area (Å²) in [6, 6.07) is 6.35. The summed E-state index contributed by atoms with van der Waals surface area (Å²) in [5, 5.41) is 3.30. The molecule has 0 bridgehead atoms. The number of hydrogen-bond donors (Lipinski definition) is 1. The van der Waals surface area contributed by atoms with Gasteiger partial charge < -0.3 is 5.32 Å². The SMILES string of the molecule is Cc1ccc(CC(=O)C2CCNCC2)c(C)c1. The Bertz CT molecular complexity index is 405.